The Kier molecular flexibility index (Phi) is 6.54. The maximum absolute atomic E-state index is 9.58. The lowest BCUT2D eigenvalue weighted by Crippen LogP contribution is -2.14. The molecule has 2 heteroatoms. The molecule has 1 N–H and O–H groups in total. The Bertz CT molecular complexity index is 293. The summed E-state index contributed by atoms with van der Waals surface area (Å²) in [6.07, 6.45) is 5.34. The molecule has 0 fully saturated rings. The van der Waals surface area contributed by atoms with E-state index >= 15 is 0 Å². The van der Waals surface area contributed by atoms with E-state index in [-0.39, 0.29) is 0 Å². The summed E-state index contributed by atoms with van der Waals surface area (Å²) in [7, 11) is 0. The molecular formula is C14H20O2. The zero-order valence-electron chi connectivity index (χ0n) is 9.80. The molecule has 0 aromatic heterocycles. The van der Waals surface area contributed by atoms with Crippen molar-refractivity contribution >= 4 is 0 Å². The molecule has 0 aliphatic rings. The van der Waals surface area contributed by atoms with Crippen molar-refractivity contribution in [1.29, 1.82) is 0 Å². The van der Waals surface area contributed by atoms with Crippen molar-refractivity contribution in [3.8, 4) is 0 Å². The number of hydrogen-bond donors (Lipinski definition) is 1. The van der Waals surface area contributed by atoms with Gasteiger partial charge in [-0.3, -0.25) is 0 Å². The van der Waals surface area contributed by atoms with Gasteiger partial charge in [-0.2, -0.15) is 0 Å². The fraction of sp³-hybridized carbons (Fsp3) is 0.429. The summed E-state index contributed by atoms with van der Waals surface area (Å²) >= 11 is 0. The molecule has 0 radical (unpaired) electrons. The minimum Gasteiger partial charge on any atom is -0.390 e. The first-order valence-corrected chi connectivity index (χ1v) is 5.77. The average molecular weight is 220 g/mol. The summed E-state index contributed by atoms with van der Waals surface area (Å²) in [4.78, 5) is 0. The molecule has 0 aliphatic carbocycles. The third kappa shape index (κ3) is 5.69. The minimum atomic E-state index is -0.397. The number of hydrogen-bond acceptors (Lipinski definition) is 2. The van der Waals surface area contributed by atoms with Crippen molar-refractivity contribution in [3.05, 3.63) is 48.0 Å². The van der Waals surface area contributed by atoms with E-state index in [1.807, 2.05) is 36.4 Å². The van der Waals surface area contributed by atoms with Crippen molar-refractivity contribution < 1.29 is 9.84 Å². The zero-order chi connectivity index (χ0) is 11.6. The Morgan fingerprint density at radius 3 is 2.69 bits per heavy atom. The van der Waals surface area contributed by atoms with Gasteiger partial charge in [-0.25, -0.2) is 0 Å². The highest BCUT2D eigenvalue weighted by Crippen LogP contribution is 2.02. The normalized spacial score (nSPS) is 13.1. The molecule has 2 nitrogen and oxygen atoms in total. The van der Waals surface area contributed by atoms with Crippen LogP contribution in [0, 0.1) is 0 Å². The lowest BCUT2D eigenvalue weighted by atomic mass is 10.2. The molecule has 0 amide bonds. The summed E-state index contributed by atoms with van der Waals surface area (Å²) in [5.41, 5.74) is 1.14. The van der Waals surface area contributed by atoms with Crippen LogP contribution in [0.1, 0.15) is 25.3 Å². The quantitative estimate of drug-likeness (QED) is 0.716. The SMILES string of the molecule is CC/C=C/C[C@@H](O)COCc1ccccc1. The molecule has 16 heavy (non-hydrogen) atoms. The Balaban J connectivity index is 2.13. The molecular weight excluding hydrogens is 200 g/mol. The molecule has 0 spiro atoms. The first-order chi connectivity index (χ1) is 7.83. The topological polar surface area (TPSA) is 29.5 Å². The molecule has 1 aromatic rings. The number of aliphatic hydroxyl groups excluding tert-OH is 1. The smallest absolute Gasteiger partial charge is 0.0808 e. The molecule has 0 heterocycles. The van der Waals surface area contributed by atoms with Gasteiger partial charge in [0.2, 0.25) is 0 Å². The van der Waals surface area contributed by atoms with Gasteiger partial charge in [0.25, 0.3) is 0 Å². The third-order valence-electron chi connectivity index (χ3n) is 2.23. The third-order valence-corrected chi connectivity index (χ3v) is 2.23. The van der Waals surface area contributed by atoms with Gasteiger partial charge in [-0.05, 0) is 18.4 Å². The molecule has 0 saturated carbocycles. The summed E-state index contributed by atoms with van der Waals surface area (Å²) in [5, 5.41) is 9.58. The van der Waals surface area contributed by atoms with E-state index in [1.54, 1.807) is 0 Å². The lowest BCUT2D eigenvalue weighted by Gasteiger charge is -2.09. The van der Waals surface area contributed by atoms with Crippen molar-refractivity contribution in [3.63, 3.8) is 0 Å². The van der Waals surface area contributed by atoms with Crippen LogP contribution in [0.4, 0.5) is 0 Å². The second-order valence-electron chi connectivity index (χ2n) is 3.77. The molecule has 0 bridgehead atoms. The van der Waals surface area contributed by atoms with Gasteiger partial charge in [0.1, 0.15) is 0 Å². The zero-order valence-corrected chi connectivity index (χ0v) is 9.80. The first kappa shape index (κ1) is 12.9. The standard InChI is InChI=1S/C14H20O2/c1-2-3-5-10-14(15)12-16-11-13-8-6-4-7-9-13/h3-9,14-15H,2,10-12H2,1H3/b5-3+/t14-/m1/s1. The van der Waals surface area contributed by atoms with Crippen LogP contribution >= 0.6 is 0 Å². The van der Waals surface area contributed by atoms with Crippen LogP contribution in [0.3, 0.4) is 0 Å². The Hall–Kier alpha value is -1.12. The van der Waals surface area contributed by atoms with Gasteiger partial charge in [-0.1, -0.05) is 49.4 Å². The van der Waals surface area contributed by atoms with Crippen molar-refractivity contribution in [1.82, 2.24) is 0 Å². The summed E-state index contributed by atoms with van der Waals surface area (Å²) in [6, 6.07) is 9.98. The van der Waals surface area contributed by atoms with Crippen LogP contribution < -0.4 is 0 Å². The van der Waals surface area contributed by atoms with E-state index in [0.717, 1.165) is 12.0 Å². The van der Waals surface area contributed by atoms with E-state index < -0.39 is 6.10 Å². The van der Waals surface area contributed by atoms with Gasteiger partial charge < -0.3 is 9.84 Å². The molecule has 0 aliphatic heterocycles. The average Bonchev–Trinajstić information content (AvgIpc) is 2.31. The maximum Gasteiger partial charge on any atom is 0.0808 e. The maximum atomic E-state index is 9.58. The van der Waals surface area contributed by atoms with E-state index in [1.165, 1.54) is 0 Å². The second-order valence-corrected chi connectivity index (χ2v) is 3.77. The van der Waals surface area contributed by atoms with Crippen molar-refractivity contribution in [2.45, 2.75) is 32.5 Å². The van der Waals surface area contributed by atoms with Crippen LogP contribution in [0.15, 0.2) is 42.5 Å². The predicted octanol–water partition coefficient (Wildman–Crippen LogP) is 2.92. The molecule has 0 saturated heterocycles. The van der Waals surface area contributed by atoms with E-state index in [2.05, 4.69) is 13.0 Å². The summed E-state index contributed by atoms with van der Waals surface area (Å²) < 4.78 is 5.43. The molecule has 1 atom stereocenters. The fourth-order valence-corrected chi connectivity index (χ4v) is 1.38. The van der Waals surface area contributed by atoms with Gasteiger partial charge in [0.15, 0.2) is 0 Å². The monoisotopic (exact) mass is 220 g/mol. The molecule has 88 valence electrons. The fourth-order valence-electron chi connectivity index (χ4n) is 1.38. The van der Waals surface area contributed by atoms with Crippen LogP contribution in [0.25, 0.3) is 0 Å². The number of aliphatic hydroxyl groups is 1. The number of ether oxygens (including phenoxy) is 1. The highest BCUT2D eigenvalue weighted by Gasteiger charge is 2.01. The van der Waals surface area contributed by atoms with Gasteiger partial charge in [0, 0.05) is 0 Å². The van der Waals surface area contributed by atoms with E-state index in [9.17, 15) is 5.11 Å². The molecule has 1 aromatic carbocycles. The van der Waals surface area contributed by atoms with E-state index in [4.69, 9.17) is 4.74 Å². The Labute approximate surface area is 97.6 Å². The highest BCUT2D eigenvalue weighted by molar-refractivity contribution is 5.13. The number of allylic oxidation sites excluding steroid dienone is 1. The lowest BCUT2D eigenvalue weighted by molar-refractivity contribution is 0.0301. The largest absolute Gasteiger partial charge is 0.390 e. The van der Waals surface area contributed by atoms with Gasteiger partial charge in [-0.15, -0.1) is 0 Å². The first-order valence-electron chi connectivity index (χ1n) is 5.77. The van der Waals surface area contributed by atoms with Crippen molar-refractivity contribution in [2.75, 3.05) is 6.61 Å². The van der Waals surface area contributed by atoms with Crippen LogP contribution in [-0.2, 0) is 11.3 Å². The van der Waals surface area contributed by atoms with Crippen molar-refractivity contribution in [2.24, 2.45) is 0 Å². The molecule has 1 rings (SSSR count). The second kappa shape index (κ2) is 8.08. The summed E-state index contributed by atoms with van der Waals surface area (Å²) in [6.45, 7) is 3.03. The van der Waals surface area contributed by atoms with Crippen LogP contribution in [-0.4, -0.2) is 17.8 Å². The predicted molar refractivity (Wildman–Crippen MR) is 66.2 cm³/mol. The van der Waals surface area contributed by atoms with Crippen LogP contribution in [0.2, 0.25) is 0 Å². The van der Waals surface area contributed by atoms with Crippen LogP contribution in [0.5, 0.6) is 0 Å². The minimum absolute atomic E-state index is 0.392. The Morgan fingerprint density at radius 2 is 2.00 bits per heavy atom. The highest BCUT2D eigenvalue weighted by atomic mass is 16.5. The van der Waals surface area contributed by atoms with Gasteiger partial charge >= 0.3 is 0 Å². The Morgan fingerprint density at radius 1 is 1.25 bits per heavy atom. The summed E-state index contributed by atoms with van der Waals surface area (Å²) in [5.74, 6) is 0. The molecule has 0 unspecified atom stereocenters. The number of rotatable bonds is 7. The van der Waals surface area contributed by atoms with E-state index in [0.29, 0.717) is 19.6 Å². The van der Waals surface area contributed by atoms with Gasteiger partial charge in [0.05, 0.1) is 19.3 Å². The number of benzene rings is 1.